The standard InChI is InChI=1S/C17H21N5O2/c1-2-24-15-5-3-14(4-6-15)19-17-18-8-7-16(20-17)22-11-9-21(13-23)10-12-22/h3-8,13H,2,9-12H2,1H3,(H,18,19,20). The fraction of sp³-hybridized carbons (Fsp3) is 0.353. The maximum atomic E-state index is 10.8. The minimum atomic E-state index is 0.550. The molecule has 1 N–H and O–H groups in total. The van der Waals surface area contributed by atoms with Crippen LogP contribution in [0.1, 0.15) is 6.92 Å². The smallest absolute Gasteiger partial charge is 0.229 e. The van der Waals surface area contributed by atoms with Crippen molar-refractivity contribution in [2.45, 2.75) is 6.92 Å². The molecular weight excluding hydrogens is 306 g/mol. The van der Waals surface area contributed by atoms with E-state index < -0.39 is 0 Å². The highest BCUT2D eigenvalue weighted by molar-refractivity contribution is 5.56. The number of amides is 1. The summed E-state index contributed by atoms with van der Waals surface area (Å²) in [7, 11) is 0. The molecule has 0 atom stereocenters. The number of aromatic nitrogens is 2. The molecule has 3 rings (SSSR count). The summed E-state index contributed by atoms with van der Waals surface area (Å²) < 4.78 is 5.43. The van der Waals surface area contributed by atoms with Gasteiger partial charge in [-0.05, 0) is 37.3 Å². The van der Waals surface area contributed by atoms with E-state index in [9.17, 15) is 4.79 Å². The van der Waals surface area contributed by atoms with Crippen LogP contribution in [-0.4, -0.2) is 54.1 Å². The predicted octanol–water partition coefficient (Wildman–Crippen LogP) is 1.90. The second-order valence-electron chi connectivity index (χ2n) is 5.45. The van der Waals surface area contributed by atoms with Gasteiger partial charge in [-0.25, -0.2) is 4.98 Å². The summed E-state index contributed by atoms with van der Waals surface area (Å²) in [5.74, 6) is 2.25. The molecule has 0 saturated carbocycles. The summed E-state index contributed by atoms with van der Waals surface area (Å²) in [6.45, 7) is 5.59. The van der Waals surface area contributed by atoms with Crippen LogP contribution < -0.4 is 15.0 Å². The van der Waals surface area contributed by atoms with Crippen LogP contribution in [0.5, 0.6) is 5.75 Å². The average molecular weight is 327 g/mol. The van der Waals surface area contributed by atoms with Crippen molar-refractivity contribution in [1.82, 2.24) is 14.9 Å². The Bertz CT molecular complexity index is 669. The summed E-state index contributed by atoms with van der Waals surface area (Å²) in [4.78, 5) is 23.6. The first-order chi connectivity index (χ1) is 11.8. The van der Waals surface area contributed by atoms with E-state index in [1.54, 1.807) is 11.1 Å². The number of nitrogens with zero attached hydrogens (tertiary/aromatic N) is 4. The Kier molecular flexibility index (Phi) is 5.10. The fourth-order valence-electron chi connectivity index (χ4n) is 2.57. The Hall–Kier alpha value is -2.83. The van der Waals surface area contributed by atoms with Crippen LogP contribution in [0.2, 0.25) is 0 Å². The number of hydrogen-bond acceptors (Lipinski definition) is 6. The summed E-state index contributed by atoms with van der Waals surface area (Å²) in [6, 6.07) is 9.58. The van der Waals surface area contributed by atoms with Gasteiger partial charge in [-0.1, -0.05) is 0 Å². The van der Waals surface area contributed by atoms with E-state index >= 15 is 0 Å². The Labute approximate surface area is 141 Å². The van der Waals surface area contributed by atoms with Crippen LogP contribution in [0, 0.1) is 0 Å². The van der Waals surface area contributed by atoms with Crippen LogP contribution >= 0.6 is 0 Å². The third-order valence-corrected chi connectivity index (χ3v) is 3.85. The highest BCUT2D eigenvalue weighted by atomic mass is 16.5. The molecule has 2 heterocycles. The third kappa shape index (κ3) is 3.92. The van der Waals surface area contributed by atoms with E-state index in [1.807, 2.05) is 37.3 Å². The molecule has 1 aliphatic rings. The van der Waals surface area contributed by atoms with Gasteiger partial charge in [0.25, 0.3) is 0 Å². The van der Waals surface area contributed by atoms with Gasteiger partial charge in [0.05, 0.1) is 6.61 Å². The van der Waals surface area contributed by atoms with Crippen LogP contribution in [0.15, 0.2) is 36.5 Å². The maximum absolute atomic E-state index is 10.8. The molecule has 1 aromatic carbocycles. The Balaban J connectivity index is 1.65. The second-order valence-corrected chi connectivity index (χ2v) is 5.45. The van der Waals surface area contributed by atoms with Crippen molar-refractivity contribution in [3.05, 3.63) is 36.5 Å². The zero-order valence-corrected chi connectivity index (χ0v) is 13.7. The molecule has 0 spiro atoms. The zero-order chi connectivity index (χ0) is 16.8. The van der Waals surface area contributed by atoms with Crippen LogP contribution in [0.25, 0.3) is 0 Å². The van der Waals surface area contributed by atoms with Gasteiger partial charge in [-0.2, -0.15) is 4.98 Å². The highest BCUT2D eigenvalue weighted by Crippen LogP contribution is 2.20. The molecule has 7 nitrogen and oxygen atoms in total. The number of hydrogen-bond donors (Lipinski definition) is 1. The second kappa shape index (κ2) is 7.63. The number of ether oxygens (including phenoxy) is 1. The lowest BCUT2D eigenvalue weighted by Crippen LogP contribution is -2.46. The molecular formula is C17H21N5O2. The van der Waals surface area contributed by atoms with E-state index in [0.29, 0.717) is 12.6 Å². The van der Waals surface area contributed by atoms with Crippen LogP contribution in [-0.2, 0) is 4.79 Å². The number of carbonyl (C=O) groups is 1. The van der Waals surface area contributed by atoms with E-state index in [2.05, 4.69) is 20.2 Å². The van der Waals surface area contributed by atoms with Crippen LogP contribution in [0.4, 0.5) is 17.5 Å². The van der Waals surface area contributed by atoms with Gasteiger partial charge >= 0.3 is 0 Å². The predicted molar refractivity (Wildman–Crippen MR) is 92.8 cm³/mol. The zero-order valence-electron chi connectivity index (χ0n) is 13.7. The van der Waals surface area contributed by atoms with Gasteiger partial charge in [0.15, 0.2) is 0 Å². The summed E-state index contributed by atoms with van der Waals surface area (Å²) >= 11 is 0. The summed E-state index contributed by atoms with van der Waals surface area (Å²) in [5.41, 5.74) is 0.904. The molecule has 1 fully saturated rings. The topological polar surface area (TPSA) is 70.6 Å². The lowest BCUT2D eigenvalue weighted by Gasteiger charge is -2.33. The van der Waals surface area contributed by atoms with Crippen LogP contribution in [0.3, 0.4) is 0 Å². The fourth-order valence-corrected chi connectivity index (χ4v) is 2.57. The molecule has 24 heavy (non-hydrogen) atoms. The largest absolute Gasteiger partial charge is 0.494 e. The van der Waals surface area contributed by atoms with Crippen molar-refractivity contribution in [2.75, 3.05) is 43.0 Å². The minimum absolute atomic E-state index is 0.550. The van der Waals surface area contributed by atoms with Crippen molar-refractivity contribution in [3.8, 4) is 5.75 Å². The molecule has 0 radical (unpaired) electrons. The quantitative estimate of drug-likeness (QED) is 0.817. The normalized spacial score (nSPS) is 14.4. The first-order valence-electron chi connectivity index (χ1n) is 8.05. The number of carbonyl (C=O) groups excluding carboxylic acids is 1. The monoisotopic (exact) mass is 327 g/mol. The molecule has 126 valence electrons. The van der Waals surface area contributed by atoms with Crippen molar-refractivity contribution >= 4 is 23.9 Å². The maximum Gasteiger partial charge on any atom is 0.229 e. The number of nitrogens with one attached hydrogen (secondary N) is 1. The van der Waals surface area contributed by atoms with E-state index in [1.165, 1.54) is 0 Å². The van der Waals surface area contributed by atoms with Gasteiger partial charge in [0.1, 0.15) is 11.6 Å². The molecule has 2 aromatic rings. The average Bonchev–Trinajstić information content (AvgIpc) is 2.64. The van der Waals surface area contributed by atoms with Gasteiger partial charge < -0.3 is 19.9 Å². The Morgan fingerprint density at radius 1 is 1.17 bits per heavy atom. The number of rotatable bonds is 6. The summed E-state index contributed by atoms with van der Waals surface area (Å²) in [6.07, 6.45) is 2.64. The van der Waals surface area contributed by atoms with Gasteiger partial charge in [-0.15, -0.1) is 0 Å². The summed E-state index contributed by atoms with van der Waals surface area (Å²) in [5, 5.41) is 3.20. The van der Waals surface area contributed by atoms with E-state index in [-0.39, 0.29) is 0 Å². The molecule has 7 heteroatoms. The molecule has 1 amide bonds. The van der Waals surface area contributed by atoms with Gasteiger partial charge in [0.2, 0.25) is 12.4 Å². The van der Waals surface area contributed by atoms with E-state index in [0.717, 1.165) is 49.8 Å². The van der Waals surface area contributed by atoms with E-state index in [4.69, 9.17) is 4.74 Å². The van der Waals surface area contributed by atoms with Crippen molar-refractivity contribution < 1.29 is 9.53 Å². The number of anilines is 3. The van der Waals surface area contributed by atoms with Gasteiger partial charge in [-0.3, -0.25) is 4.79 Å². The molecule has 0 unspecified atom stereocenters. The number of piperazine rings is 1. The molecule has 1 saturated heterocycles. The Morgan fingerprint density at radius 3 is 2.58 bits per heavy atom. The molecule has 1 aromatic heterocycles. The number of benzene rings is 1. The lowest BCUT2D eigenvalue weighted by atomic mass is 10.3. The molecule has 0 bridgehead atoms. The third-order valence-electron chi connectivity index (χ3n) is 3.85. The minimum Gasteiger partial charge on any atom is -0.494 e. The van der Waals surface area contributed by atoms with Crippen molar-refractivity contribution in [3.63, 3.8) is 0 Å². The first kappa shape index (κ1) is 16.0. The van der Waals surface area contributed by atoms with Crippen molar-refractivity contribution in [1.29, 1.82) is 0 Å². The molecule has 0 aliphatic carbocycles. The van der Waals surface area contributed by atoms with Gasteiger partial charge in [0, 0.05) is 38.1 Å². The SMILES string of the molecule is CCOc1ccc(Nc2nccc(N3CCN(C=O)CC3)n2)cc1. The first-order valence-corrected chi connectivity index (χ1v) is 8.05. The Morgan fingerprint density at radius 2 is 1.92 bits per heavy atom. The molecule has 1 aliphatic heterocycles. The highest BCUT2D eigenvalue weighted by Gasteiger charge is 2.17. The van der Waals surface area contributed by atoms with Crippen molar-refractivity contribution in [2.24, 2.45) is 0 Å². The lowest BCUT2D eigenvalue weighted by molar-refractivity contribution is -0.118.